The van der Waals surface area contributed by atoms with Crippen LogP contribution in [0.3, 0.4) is 0 Å². The van der Waals surface area contributed by atoms with E-state index in [1.165, 1.54) is 57.5 Å². The average Bonchev–Trinajstić information content (AvgIpc) is 2.60. The molecule has 2 aromatic rings. The minimum atomic E-state index is -1.00. The Morgan fingerprint density at radius 2 is 1.50 bits per heavy atom. The summed E-state index contributed by atoms with van der Waals surface area (Å²) in [5.41, 5.74) is 0.496. The van der Waals surface area contributed by atoms with E-state index < -0.39 is 23.7 Å². The Bertz CT molecular complexity index is 740. The summed E-state index contributed by atoms with van der Waals surface area (Å²) in [7, 11) is 2.94. The molecule has 1 unspecified atom stereocenters. The monoisotopic (exact) mass is 332 g/mol. The van der Waals surface area contributed by atoms with E-state index in [-0.39, 0.29) is 11.1 Å². The van der Waals surface area contributed by atoms with Gasteiger partial charge in [-0.25, -0.2) is 9.18 Å². The van der Waals surface area contributed by atoms with Crippen LogP contribution in [0.4, 0.5) is 4.39 Å². The predicted octanol–water partition coefficient (Wildman–Crippen LogP) is 3.27. The second-order valence-electron chi connectivity index (χ2n) is 4.99. The summed E-state index contributed by atoms with van der Waals surface area (Å²) in [6.45, 7) is 1.46. The van der Waals surface area contributed by atoms with Gasteiger partial charge in [0.2, 0.25) is 5.78 Å². The maximum atomic E-state index is 12.9. The molecule has 5 nitrogen and oxygen atoms in total. The molecule has 0 spiro atoms. The predicted molar refractivity (Wildman–Crippen MR) is 85.2 cm³/mol. The molecule has 0 amide bonds. The lowest BCUT2D eigenvalue weighted by atomic mass is 10.1. The fraction of sp³-hybridized carbons (Fsp3) is 0.222. The molecule has 0 aliphatic heterocycles. The number of ketones is 1. The Hall–Kier alpha value is -2.89. The molecule has 0 aliphatic carbocycles. The van der Waals surface area contributed by atoms with Crippen molar-refractivity contribution in [3.8, 4) is 11.5 Å². The molecule has 0 bridgehead atoms. The molecule has 0 saturated heterocycles. The number of ether oxygens (including phenoxy) is 3. The largest absolute Gasteiger partial charge is 0.493 e. The molecule has 0 radical (unpaired) electrons. The van der Waals surface area contributed by atoms with Gasteiger partial charge >= 0.3 is 5.97 Å². The van der Waals surface area contributed by atoms with E-state index in [9.17, 15) is 14.0 Å². The number of Topliss-reactive ketones (excluding diaryl/α,β-unsaturated/α-hetero) is 1. The van der Waals surface area contributed by atoms with E-state index in [4.69, 9.17) is 14.2 Å². The number of esters is 1. The summed E-state index contributed by atoms with van der Waals surface area (Å²) >= 11 is 0. The second kappa shape index (κ2) is 7.59. The van der Waals surface area contributed by atoms with Crippen LogP contribution in [0, 0.1) is 5.82 Å². The third-order valence-electron chi connectivity index (χ3n) is 3.40. The van der Waals surface area contributed by atoms with Crippen molar-refractivity contribution >= 4 is 11.8 Å². The molecule has 0 saturated carbocycles. The summed E-state index contributed by atoms with van der Waals surface area (Å²) in [4.78, 5) is 24.4. The van der Waals surface area contributed by atoms with Crippen molar-refractivity contribution in [1.82, 2.24) is 0 Å². The Morgan fingerprint density at radius 1 is 0.917 bits per heavy atom. The lowest BCUT2D eigenvalue weighted by Gasteiger charge is -2.13. The lowest BCUT2D eigenvalue weighted by molar-refractivity contribution is 0.0318. The van der Waals surface area contributed by atoms with E-state index in [0.29, 0.717) is 11.5 Å². The van der Waals surface area contributed by atoms with Gasteiger partial charge in [0.25, 0.3) is 0 Å². The second-order valence-corrected chi connectivity index (χ2v) is 4.99. The summed E-state index contributed by atoms with van der Waals surface area (Å²) in [5.74, 6) is -0.668. The Kier molecular flexibility index (Phi) is 5.52. The van der Waals surface area contributed by atoms with E-state index >= 15 is 0 Å². The van der Waals surface area contributed by atoms with Crippen LogP contribution in [0.2, 0.25) is 0 Å². The molecule has 2 aromatic carbocycles. The van der Waals surface area contributed by atoms with Gasteiger partial charge in [0.15, 0.2) is 17.6 Å². The molecule has 0 aromatic heterocycles. The maximum absolute atomic E-state index is 12.9. The quantitative estimate of drug-likeness (QED) is 0.600. The van der Waals surface area contributed by atoms with Crippen LogP contribution < -0.4 is 9.47 Å². The van der Waals surface area contributed by atoms with E-state index in [1.807, 2.05) is 0 Å². The minimum absolute atomic E-state index is 0.228. The Balaban J connectivity index is 2.11. The van der Waals surface area contributed by atoms with Gasteiger partial charge in [-0.15, -0.1) is 0 Å². The molecular weight excluding hydrogens is 315 g/mol. The minimum Gasteiger partial charge on any atom is -0.493 e. The number of benzene rings is 2. The highest BCUT2D eigenvalue weighted by molar-refractivity contribution is 6.01. The summed E-state index contributed by atoms with van der Waals surface area (Å²) in [6, 6.07) is 9.60. The number of halogens is 1. The molecule has 0 fully saturated rings. The highest BCUT2D eigenvalue weighted by Gasteiger charge is 2.21. The van der Waals surface area contributed by atoms with Gasteiger partial charge in [0, 0.05) is 5.56 Å². The Labute approximate surface area is 139 Å². The fourth-order valence-electron chi connectivity index (χ4n) is 2.09. The highest BCUT2D eigenvalue weighted by Crippen LogP contribution is 2.28. The number of methoxy groups -OCH3 is 2. The first-order chi connectivity index (χ1) is 11.5. The van der Waals surface area contributed by atoms with Crippen molar-refractivity contribution in [1.29, 1.82) is 0 Å². The van der Waals surface area contributed by atoms with Gasteiger partial charge in [-0.3, -0.25) is 4.79 Å². The molecule has 6 heteroatoms. The fourth-order valence-corrected chi connectivity index (χ4v) is 2.09. The third kappa shape index (κ3) is 3.90. The first-order valence-electron chi connectivity index (χ1n) is 7.19. The van der Waals surface area contributed by atoms with Crippen molar-refractivity contribution < 1.29 is 28.2 Å². The van der Waals surface area contributed by atoms with Crippen LogP contribution in [0.1, 0.15) is 27.6 Å². The van der Waals surface area contributed by atoms with Crippen LogP contribution in [-0.2, 0) is 4.74 Å². The van der Waals surface area contributed by atoms with E-state index in [2.05, 4.69) is 0 Å². The van der Waals surface area contributed by atoms with Crippen LogP contribution in [0.15, 0.2) is 42.5 Å². The molecule has 1 atom stereocenters. The molecule has 24 heavy (non-hydrogen) atoms. The van der Waals surface area contributed by atoms with Gasteiger partial charge in [0.1, 0.15) is 5.82 Å². The number of hydrogen-bond donors (Lipinski definition) is 0. The molecule has 0 N–H and O–H groups in total. The van der Waals surface area contributed by atoms with Crippen molar-refractivity contribution in [3.05, 3.63) is 59.4 Å². The number of carbonyl (C=O) groups excluding carboxylic acids is 2. The van der Waals surface area contributed by atoms with Crippen molar-refractivity contribution in [2.45, 2.75) is 13.0 Å². The van der Waals surface area contributed by atoms with Crippen LogP contribution in [-0.4, -0.2) is 32.1 Å². The lowest BCUT2D eigenvalue weighted by Crippen LogP contribution is -2.24. The highest BCUT2D eigenvalue weighted by atomic mass is 19.1. The first-order valence-corrected chi connectivity index (χ1v) is 7.19. The van der Waals surface area contributed by atoms with Crippen LogP contribution >= 0.6 is 0 Å². The topological polar surface area (TPSA) is 61.8 Å². The normalized spacial score (nSPS) is 11.5. The van der Waals surface area contributed by atoms with Crippen LogP contribution in [0.5, 0.6) is 11.5 Å². The van der Waals surface area contributed by atoms with Gasteiger partial charge in [-0.05, 0) is 49.4 Å². The van der Waals surface area contributed by atoms with Gasteiger partial charge in [0.05, 0.1) is 19.8 Å². The van der Waals surface area contributed by atoms with Crippen LogP contribution in [0.25, 0.3) is 0 Å². The number of rotatable bonds is 6. The molecule has 0 heterocycles. The third-order valence-corrected chi connectivity index (χ3v) is 3.40. The van der Waals surface area contributed by atoms with Crippen molar-refractivity contribution in [3.63, 3.8) is 0 Å². The molecule has 0 aliphatic rings. The van der Waals surface area contributed by atoms with Crippen molar-refractivity contribution in [2.75, 3.05) is 14.2 Å². The standard InChI is InChI=1S/C18H17FO5/c1-11(17(20)12-4-7-14(19)8-5-12)24-18(21)13-6-9-15(22-2)16(10-13)23-3/h4-11H,1-3H3. The smallest absolute Gasteiger partial charge is 0.338 e. The van der Waals surface area contributed by atoms with E-state index in [1.54, 1.807) is 6.07 Å². The SMILES string of the molecule is COc1ccc(C(=O)OC(C)C(=O)c2ccc(F)cc2)cc1OC. The van der Waals surface area contributed by atoms with Gasteiger partial charge in [-0.2, -0.15) is 0 Å². The van der Waals surface area contributed by atoms with Crippen molar-refractivity contribution in [2.24, 2.45) is 0 Å². The van der Waals surface area contributed by atoms with Gasteiger partial charge in [-0.1, -0.05) is 0 Å². The zero-order valence-corrected chi connectivity index (χ0v) is 13.5. The number of hydrogen-bond acceptors (Lipinski definition) is 5. The van der Waals surface area contributed by atoms with Gasteiger partial charge < -0.3 is 14.2 Å². The van der Waals surface area contributed by atoms with E-state index in [0.717, 1.165) is 0 Å². The zero-order chi connectivity index (χ0) is 17.7. The zero-order valence-electron chi connectivity index (χ0n) is 13.5. The number of carbonyl (C=O) groups is 2. The summed E-state index contributed by atoms with van der Waals surface area (Å²) in [6.07, 6.45) is -1.00. The summed E-state index contributed by atoms with van der Waals surface area (Å²) < 4.78 is 28.3. The molecule has 126 valence electrons. The molecular formula is C18H17FO5. The first kappa shape index (κ1) is 17.5. The Morgan fingerprint density at radius 3 is 2.08 bits per heavy atom. The molecule has 2 rings (SSSR count). The average molecular weight is 332 g/mol. The maximum Gasteiger partial charge on any atom is 0.338 e. The summed E-state index contributed by atoms with van der Waals surface area (Å²) in [5, 5.41) is 0.